The minimum absolute atomic E-state index is 0.204. The van der Waals surface area contributed by atoms with E-state index < -0.39 is 24.5 Å². The van der Waals surface area contributed by atoms with Gasteiger partial charge in [0.15, 0.2) is 0 Å². The van der Waals surface area contributed by atoms with Crippen molar-refractivity contribution in [2.45, 2.75) is 6.18 Å². The highest BCUT2D eigenvalue weighted by atomic mass is 19.4. The summed E-state index contributed by atoms with van der Waals surface area (Å²) in [5.74, 6) is -2.04. The summed E-state index contributed by atoms with van der Waals surface area (Å²) in [6.45, 7) is -1.27. The Morgan fingerprint density at radius 2 is 2.05 bits per heavy atom. The molecule has 1 aromatic rings. The number of hydrogen-bond donors (Lipinski definition) is 1. The molecule has 1 rings (SSSR count). The van der Waals surface area contributed by atoms with Gasteiger partial charge in [-0.05, 0) is 23.8 Å². The van der Waals surface area contributed by atoms with Gasteiger partial charge in [0, 0.05) is 13.1 Å². The highest BCUT2D eigenvalue weighted by Gasteiger charge is 2.30. The van der Waals surface area contributed by atoms with E-state index in [2.05, 4.69) is 0 Å². The lowest BCUT2D eigenvalue weighted by atomic mass is 10.1. The van der Waals surface area contributed by atoms with Crippen molar-refractivity contribution in [2.75, 3.05) is 18.5 Å². The molecule has 1 N–H and O–H groups in total. The summed E-state index contributed by atoms with van der Waals surface area (Å²) >= 11 is 0. The first kappa shape index (κ1) is 15.0. The Bertz CT molecular complexity index is 497. The number of anilines is 1. The fourth-order valence-corrected chi connectivity index (χ4v) is 1.46. The Morgan fingerprint density at radius 3 is 2.53 bits per heavy atom. The zero-order chi connectivity index (χ0) is 14.6. The second-order valence-electron chi connectivity index (χ2n) is 3.85. The Balaban J connectivity index is 2.91. The van der Waals surface area contributed by atoms with Crippen LogP contribution in [0.2, 0.25) is 0 Å². The topological polar surface area (TPSA) is 40.5 Å². The lowest BCUT2D eigenvalue weighted by Crippen LogP contribution is -2.31. The zero-order valence-electron chi connectivity index (χ0n) is 9.91. The first-order valence-electron chi connectivity index (χ1n) is 5.17. The molecule has 0 saturated carbocycles. The van der Waals surface area contributed by atoms with Crippen LogP contribution in [0.3, 0.4) is 0 Å². The molecule has 0 unspecified atom stereocenters. The van der Waals surface area contributed by atoms with Crippen molar-refractivity contribution in [3.8, 4) is 0 Å². The molecule has 0 aliphatic carbocycles. The van der Waals surface area contributed by atoms with Gasteiger partial charge in [0.1, 0.15) is 12.4 Å². The van der Waals surface area contributed by atoms with E-state index in [1.807, 2.05) is 0 Å². The van der Waals surface area contributed by atoms with Crippen LogP contribution in [0.15, 0.2) is 24.3 Å². The molecular formula is C12H11F4NO2. The Labute approximate surface area is 106 Å². The van der Waals surface area contributed by atoms with Gasteiger partial charge < -0.3 is 10.0 Å². The van der Waals surface area contributed by atoms with E-state index in [0.29, 0.717) is 0 Å². The van der Waals surface area contributed by atoms with Crippen molar-refractivity contribution in [1.29, 1.82) is 0 Å². The number of halogens is 4. The molecule has 19 heavy (non-hydrogen) atoms. The molecule has 0 aliphatic heterocycles. The van der Waals surface area contributed by atoms with Crippen molar-refractivity contribution >= 4 is 17.7 Å². The largest absolute Gasteiger partial charge is 0.478 e. The van der Waals surface area contributed by atoms with E-state index in [1.54, 1.807) is 0 Å². The summed E-state index contributed by atoms with van der Waals surface area (Å²) in [5, 5.41) is 8.40. The summed E-state index contributed by atoms with van der Waals surface area (Å²) in [7, 11) is 1.12. The molecule has 0 aromatic heterocycles. The van der Waals surface area contributed by atoms with E-state index in [1.165, 1.54) is 12.1 Å². The van der Waals surface area contributed by atoms with Gasteiger partial charge in [0.25, 0.3) is 0 Å². The number of hydrogen-bond acceptors (Lipinski definition) is 2. The molecule has 3 nitrogen and oxygen atoms in total. The molecule has 0 atom stereocenters. The van der Waals surface area contributed by atoms with Crippen LogP contribution in [0, 0.1) is 5.82 Å². The van der Waals surface area contributed by atoms with Gasteiger partial charge in [-0.2, -0.15) is 13.2 Å². The SMILES string of the molecule is CN(CC(F)(F)F)c1ccc(/C=C/C(=O)O)cc1F. The van der Waals surface area contributed by atoms with Gasteiger partial charge >= 0.3 is 12.1 Å². The number of carbonyl (C=O) groups is 1. The van der Waals surface area contributed by atoms with Crippen molar-refractivity contribution in [2.24, 2.45) is 0 Å². The number of benzene rings is 1. The molecule has 104 valence electrons. The monoisotopic (exact) mass is 277 g/mol. The van der Waals surface area contributed by atoms with Gasteiger partial charge in [0.2, 0.25) is 0 Å². The normalized spacial score (nSPS) is 11.8. The van der Waals surface area contributed by atoms with Crippen LogP contribution in [0.25, 0.3) is 6.08 Å². The van der Waals surface area contributed by atoms with Crippen LogP contribution in [-0.2, 0) is 4.79 Å². The third-order valence-electron chi connectivity index (χ3n) is 2.22. The quantitative estimate of drug-likeness (QED) is 0.679. The van der Waals surface area contributed by atoms with Crippen molar-refractivity contribution in [1.82, 2.24) is 0 Å². The molecule has 0 amide bonds. The van der Waals surface area contributed by atoms with E-state index in [-0.39, 0.29) is 11.3 Å². The third-order valence-corrected chi connectivity index (χ3v) is 2.22. The van der Waals surface area contributed by atoms with Crippen LogP contribution < -0.4 is 4.90 Å². The molecule has 7 heteroatoms. The van der Waals surface area contributed by atoms with Crippen molar-refractivity contribution in [3.05, 3.63) is 35.7 Å². The molecule has 0 radical (unpaired) electrons. The lowest BCUT2D eigenvalue weighted by molar-refractivity contribution is -0.131. The first-order valence-corrected chi connectivity index (χ1v) is 5.17. The molecular weight excluding hydrogens is 266 g/mol. The average Bonchev–Trinajstić information content (AvgIpc) is 2.23. The van der Waals surface area contributed by atoms with E-state index in [0.717, 1.165) is 30.2 Å². The second-order valence-corrected chi connectivity index (χ2v) is 3.85. The highest BCUT2D eigenvalue weighted by molar-refractivity contribution is 5.85. The smallest absolute Gasteiger partial charge is 0.405 e. The number of rotatable bonds is 4. The van der Waals surface area contributed by atoms with Gasteiger partial charge in [0.05, 0.1) is 5.69 Å². The minimum Gasteiger partial charge on any atom is -0.478 e. The number of carboxylic acid groups (broad SMARTS) is 1. The van der Waals surface area contributed by atoms with Crippen molar-refractivity contribution < 1.29 is 27.5 Å². The molecule has 0 saturated heterocycles. The van der Waals surface area contributed by atoms with Gasteiger partial charge in [-0.1, -0.05) is 6.07 Å². The average molecular weight is 277 g/mol. The third kappa shape index (κ3) is 4.99. The van der Waals surface area contributed by atoms with Crippen molar-refractivity contribution in [3.63, 3.8) is 0 Å². The van der Waals surface area contributed by atoms with Crippen LogP contribution >= 0.6 is 0 Å². The standard InChI is InChI=1S/C12H11F4NO2/c1-17(7-12(14,15)16)10-4-2-8(6-9(10)13)3-5-11(18)19/h2-6H,7H2,1H3,(H,18,19)/b5-3+. The zero-order valence-corrected chi connectivity index (χ0v) is 9.91. The first-order chi connectivity index (χ1) is 8.69. The molecule has 0 spiro atoms. The van der Waals surface area contributed by atoms with E-state index in [9.17, 15) is 22.4 Å². The maximum Gasteiger partial charge on any atom is 0.405 e. The molecule has 1 aromatic carbocycles. The summed E-state index contributed by atoms with van der Waals surface area (Å²) in [5.41, 5.74) is 0.0499. The summed E-state index contributed by atoms with van der Waals surface area (Å²) in [6, 6.07) is 3.48. The summed E-state index contributed by atoms with van der Waals surface area (Å²) in [4.78, 5) is 11.0. The Kier molecular flexibility index (Phi) is 4.52. The van der Waals surface area contributed by atoms with Crippen LogP contribution in [0.5, 0.6) is 0 Å². The van der Waals surface area contributed by atoms with Crippen LogP contribution in [0.1, 0.15) is 5.56 Å². The number of carboxylic acids is 1. The fourth-order valence-electron chi connectivity index (χ4n) is 1.46. The highest BCUT2D eigenvalue weighted by Crippen LogP contribution is 2.24. The van der Waals surface area contributed by atoms with Gasteiger partial charge in [-0.25, -0.2) is 9.18 Å². The van der Waals surface area contributed by atoms with E-state index >= 15 is 0 Å². The number of alkyl halides is 3. The van der Waals surface area contributed by atoms with Gasteiger partial charge in [-0.15, -0.1) is 0 Å². The Hall–Kier alpha value is -2.05. The second kappa shape index (κ2) is 5.73. The molecule has 0 bridgehead atoms. The summed E-state index contributed by atoms with van der Waals surface area (Å²) in [6.07, 6.45) is -2.46. The predicted molar refractivity (Wildman–Crippen MR) is 62.4 cm³/mol. The minimum atomic E-state index is -4.43. The lowest BCUT2D eigenvalue weighted by Gasteiger charge is -2.21. The Morgan fingerprint density at radius 1 is 1.42 bits per heavy atom. The predicted octanol–water partition coefficient (Wildman–Crippen LogP) is 2.92. The number of nitrogens with zero attached hydrogens (tertiary/aromatic N) is 1. The fraction of sp³-hybridized carbons (Fsp3) is 0.250. The van der Waals surface area contributed by atoms with Gasteiger partial charge in [-0.3, -0.25) is 0 Å². The van der Waals surface area contributed by atoms with Crippen LogP contribution in [-0.4, -0.2) is 30.8 Å². The molecule has 0 heterocycles. The maximum absolute atomic E-state index is 13.6. The maximum atomic E-state index is 13.6. The number of aliphatic carboxylic acids is 1. The molecule has 0 aliphatic rings. The van der Waals surface area contributed by atoms with Crippen LogP contribution in [0.4, 0.5) is 23.2 Å². The summed E-state index contributed by atoms with van der Waals surface area (Å²) < 4.78 is 50.1. The molecule has 0 fully saturated rings. The van der Waals surface area contributed by atoms with E-state index in [4.69, 9.17) is 5.11 Å².